The number of aromatic carboxylic acids is 2. The van der Waals surface area contributed by atoms with Gasteiger partial charge < -0.3 is 20.0 Å². The molecule has 1 aliphatic heterocycles. The van der Waals surface area contributed by atoms with Gasteiger partial charge in [0.05, 0.1) is 33.9 Å². The molecule has 0 amide bonds. The molecule has 1 aromatic carbocycles. The van der Waals surface area contributed by atoms with E-state index in [-0.39, 0.29) is 11.1 Å². The van der Waals surface area contributed by atoms with Crippen molar-refractivity contribution in [3.63, 3.8) is 0 Å². The second-order valence-electron chi connectivity index (χ2n) is 6.10. The Balaban J connectivity index is 1.84. The molecule has 8 nitrogen and oxygen atoms in total. The van der Waals surface area contributed by atoms with Gasteiger partial charge in [-0.3, -0.25) is 5.10 Å². The van der Waals surface area contributed by atoms with Crippen LogP contribution in [0.4, 0.5) is 11.4 Å². The predicted octanol–water partition coefficient (Wildman–Crippen LogP) is 1.75. The fourth-order valence-corrected chi connectivity index (χ4v) is 3.29. The molecule has 0 spiro atoms. The Morgan fingerprint density at radius 1 is 1.04 bits per heavy atom. The quantitative estimate of drug-likeness (QED) is 0.775. The molecule has 0 bridgehead atoms. The zero-order chi connectivity index (χ0) is 18.1. The molecule has 25 heavy (non-hydrogen) atoms. The molecule has 1 aliphatic rings. The van der Waals surface area contributed by atoms with Gasteiger partial charge in [-0.15, -0.1) is 0 Å². The normalized spacial score (nSPS) is 14.6. The largest absolute Gasteiger partial charge is 0.478 e. The monoisotopic (exact) mass is 344 g/mol. The van der Waals surface area contributed by atoms with Gasteiger partial charge in [-0.05, 0) is 32.0 Å². The maximum absolute atomic E-state index is 11.5. The number of nitrogens with zero attached hydrogens (tertiary/aromatic N) is 3. The van der Waals surface area contributed by atoms with Gasteiger partial charge in [0.2, 0.25) is 0 Å². The summed E-state index contributed by atoms with van der Waals surface area (Å²) in [6.07, 6.45) is 0. The Kier molecular flexibility index (Phi) is 4.35. The number of hydrogen-bond donors (Lipinski definition) is 3. The number of H-pyrrole nitrogens is 1. The highest BCUT2D eigenvalue weighted by molar-refractivity contribution is 5.97. The lowest BCUT2D eigenvalue weighted by molar-refractivity contribution is 0.0681. The van der Waals surface area contributed by atoms with Crippen LogP contribution in [-0.2, 0) is 0 Å². The van der Waals surface area contributed by atoms with E-state index in [0.29, 0.717) is 31.9 Å². The van der Waals surface area contributed by atoms with E-state index in [2.05, 4.69) is 15.1 Å². The molecule has 0 radical (unpaired) electrons. The van der Waals surface area contributed by atoms with E-state index in [9.17, 15) is 19.8 Å². The van der Waals surface area contributed by atoms with E-state index < -0.39 is 11.9 Å². The van der Waals surface area contributed by atoms with Crippen molar-refractivity contribution in [3.8, 4) is 0 Å². The number of nitrogens with one attached hydrogen (secondary N) is 1. The summed E-state index contributed by atoms with van der Waals surface area (Å²) in [5.74, 6) is -2.13. The number of piperazine rings is 1. The lowest BCUT2D eigenvalue weighted by Crippen LogP contribution is -2.47. The van der Waals surface area contributed by atoms with Crippen LogP contribution in [-0.4, -0.2) is 58.5 Å². The number of hydrogen-bond acceptors (Lipinski definition) is 5. The van der Waals surface area contributed by atoms with E-state index in [1.54, 1.807) is 0 Å². The van der Waals surface area contributed by atoms with E-state index in [4.69, 9.17) is 0 Å². The third-order valence-electron chi connectivity index (χ3n) is 4.50. The molecule has 132 valence electrons. The van der Waals surface area contributed by atoms with Crippen molar-refractivity contribution in [3.05, 3.63) is 40.7 Å². The summed E-state index contributed by atoms with van der Waals surface area (Å²) in [6, 6.07) is 4.12. The zero-order valence-corrected chi connectivity index (χ0v) is 14.1. The van der Waals surface area contributed by atoms with Crippen molar-refractivity contribution >= 4 is 23.3 Å². The van der Waals surface area contributed by atoms with E-state index in [1.807, 2.05) is 18.7 Å². The topological polar surface area (TPSA) is 110 Å². The number of benzene rings is 1. The number of carbonyl (C=O) groups is 2. The predicted molar refractivity (Wildman–Crippen MR) is 92.8 cm³/mol. The minimum atomic E-state index is -1.07. The Morgan fingerprint density at radius 2 is 1.68 bits per heavy atom. The summed E-state index contributed by atoms with van der Waals surface area (Å²) in [6.45, 7) is 6.54. The molecule has 0 aliphatic carbocycles. The van der Waals surface area contributed by atoms with Crippen molar-refractivity contribution in [2.24, 2.45) is 0 Å². The third-order valence-corrected chi connectivity index (χ3v) is 4.50. The summed E-state index contributed by atoms with van der Waals surface area (Å²) in [5.41, 5.74) is 3.68. The van der Waals surface area contributed by atoms with Crippen molar-refractivity contribution in [1.29, 1.82) is 0 Å². The lowest BCUT2D eigenvalue weighted by Gasteiger charge is -2.38. The Labute approximate surface area is 144 Å². The first kappa shape index (κ1) is 16.8. The number of carboxylic acids is 2. The van der Waals surface area contributed by atoms with Crippen molar-refractivity contribution < 1.29 is 19.8 Å². The molecule has 1 fully saturated rings. The number of carboxylic acid groups (broad SMARTS) is 2. The van der Waals surface area contributed by atoms with E-state index in [1.165, 1.54) is 18.2 Å². The highest BCUT2D eigenvalue weighted by atomic mass is 16.4. The zero-order valence-electron chi connectivity index (χ0n) is 14.1. The van der Waals surface area contributed by atoms with Gasteiger partial charge in [0.25, 0.3) is 0 Å². The summed E-state index contributed by atoms with van der Waals surface area (Å²) in [7, 11) is 0. The summed E-state index contributed by atoms with van der Waals surface area (Å²) in [4.78, 5) is 26.8. The number of anilines is 2. The minimum absolute atomic E-state index is 0.0870. The van der Waals surface area contributed by atoms with E-state index >= 15 is 0 Å². The molecular formula is C17H20N4O4. The Morgan fingerprint density at radius 3 is 2.20 bits per heavy atom. The molecule has 8 heteroatoms. The summed E-state index contributed by atoms with van der Waals surface area (Å²) in [5, 5.41) is 25.8. The van der Waals surface area contributed by atoms with Crippen molar-refractivity contribution in [2.45, 2.75) is 13.8 Å². The van der Waals surface area contributed by atoms with Crippen LogP contribution in [0.25, 0.3) is 0 Å². The van der Waals surface area contributed by atoms with Crippen LogP contribution >= 0.6 is 0 Å². The van der Waals surface area contributed by atoms with Crippen LogP contribution in [0, 0.1) is 13.8 Å². The highest BCUT2D eigenvalue weighted by Gasteiger charge is 2.25. The van der Waals surface area contributed by atoms with Gasteiger partial charge in [0.1, 0.15) is 0 Å². The highest BCUT2D eigenvalue weighted by Crippen LogP contribution is 2.27. The molecule has 2 heterocycles. The molecule has 1 saturated heterocycles. The van der Waals surface area contributed by atoms with Gasteiger partial charge in [0, 0.05) is 26.2 Å². The molecule has 2 aromatic rings. The first-order valence-electron chi connectivity index (χ1n) is 8.00. The number of aromatic nitrogens is 2. The molecule has 0 saturated carbocycles. The fourth-order valence-electron chi connectivity index (χ4n) is 3.29. The van der Waals surface area contributed by atoms with Crippen LogP contribution in [0.15, 0.2) is 18.2 Å². The number of rotatable bonds is 4. The second kappa shape index (κ2) is 6.46. The minimum Gasteiger partial charge on any atom is -0.478 e. The van der Waals surface area contributed by atoms with Gasteiger partial charge in [-0.25, -0.2) is 9.59 Å². The molecule has 0 unspecified atom stereocenters. The van der Waals surface area contributed by atoms with Crippen molar-refractivity contribution in [1.82, 2.24) is 10.2 Å². The standard InChI is InChI=1S/C17H20N4O4/c1-10-15(11(2)19-18-10)21-7-5-20(6-8-21)14-9-12(16(22)23)3-4-13(14)17(24)25/h3-4,9H,5-8H2,1-2H3,(H,18,19)(H,22,23)(H,24,25). The molecule has 1 aromatic heterocycles. The van der Waals surface area contributed by atoms with Crippen LogP contribution < -0.4 is 9.80 Å². The van der Waals surface area contributed by atoms with Crippen LogP contribution in [0.1, 0.15) is 32.1 Å². The van der Waals surface area contributed by atoms with E-state index in [0.717, 1.165) is 17.1 Å². The second-order valence-corrected chi connectivity index (χ2v) is 6.10. The lowest BCUT2D eigenvalue weighted by atomic mass is 10.1. The fraction of sp³-hybridized carbons (Fsp3) is 0.353. The maximum Gasteiger partial charge on any atom is 0.337 e. The average Bonchev–Trinajstić information content (AvgIpc) is 2.93. The SMILES string of the molecule is Cc1n[nH]c(C)c1N1CCN(c2cc(C(=O)O)ccc2C(=O)O)CC1. The molecular weight excluding hydrogens is 324 g/mol. The number of aryl methyl sites for hydroxylation is 2. The van der Waals surface area contributed by atoms with Gasteiger partial charge in [0.15, 0.2) is 0 Å². The summed E-state index contributed by atoms with van der Waals surface area (Å²) < 4.78 is 0. The first-order valence-corrected chi connectivity index (χ1v) is 8.00. The van der Waals surface area contributed by atoms with Crippen LogP contribution in [0.3, 0.4) is 0 Å². The van der Waals surface area contributed by atoms with Gasteiger partial charge in [-0.1, -0.05) is 0 Å². The smallest absolute Gasteiger partial charge is 0.337 e. The van der Waals surface area contributed by atoms with Gasteiger partial charge in [-0.2, -0.15) is 5.10 Å². The average molecular weight is 344 g/mol. The van der Waals surface area contributed by atoms with Crippen molar-refractivity contribution in [2.75, 3.05) is 36.0 Å². The third kappa shape index (κ3) is 3.15. The van der Waals surface area contributed by atoms with Crippen LogP contribution in [0.5, 0.6) is 0 Å². The number of aromatic amines is 1. The molecule has 0 atom stereocenters. The molecule has 3 N–H and O–H groups in total. The maximum atomic E-state index is 11.5. The Hall–Kier alpha value is -3.03. The van der Waals surface area contributed by atoms with Crippen LogP contribution in [0.2, 0.25) is 0 Å². The first-order chi connectivity index (χ1) is 11.9. The summed E-state index contributed by atoms with van der Waals surface area (Å²) >= 11 is 0. The Bertz CT molecular complexity index is 803. The molecule has 3 rings (SSSR count). The van der Waals surface area contributed by atoms with Gasteiger partial charge >= 0.3 is 11.9 Å².